The predicted octanol–water partition coefficient (Wildman–Crippen LogP) is 2.94. The fourth-order valence-electron chi connectivity index (χ4n) is 3.12. The van der Waals surface area contributed by atoms with Gasteiger partial charge in [-0.15, -0.1) is 0 Å². The Hall–Kier alpha value is -3.29. The first-order valence-electron chi connectivity index (χ1n) is 9.42. The monoisotopic (exact) mass is 417 g/mol. The number of hydrogen-bond acceptors (Lipinski definition) is 6. The Balaban J connectivity index is 2.17. The summed E-state index contributed by atoms with van der Waals surface area (Å²) in [4.78, 5) is 6.40. The first-order valence-corrected chi connectivity index (χ1v) is 9.42. The maximum Gasteiger partial charge on any atom is 0.193 e. The average molecular weight is 418 g/mol. The molecule has 2 aromatic rings. The van der Waals surface area contributed by atoms with Gasteiger partial charge in [-0.25, -0.2) is 0 Å². The Morgan fingerprint density at radius 2 is 1.40 bits per heavy atom. The van der Waals surface area contributed by atoms with Crippen molar-refractivity contribution in [3.63, 3.8) is 0 Å². The van der Waals surface area contributed by atoms with Crippen molar-refractivity contribution in [1.29, 1.82) is 0 Å². The molecule has 0 spiro atoms. The molecule has 2 rings (SSSR count). The van der Waals surface area contributed by atoms with E-state index in [0.29, 0.717) is 36.3 Å². The molecule has 0 bridgehead atoms. The molecule has 0 aliphatic heterocycles. The van der Waals surface area contributed by atoms with Crippen LogP contribution < -0.4 is 29.0 Å². The van der Waals surface area contributed by atoms with E-state index in [1.807, 2.05) is 42.3 Å². The number of aliphatic imine (C=N–C) groups is 1. The van der Waals surface area contributed by atoms with Crippen LogP contribution in [0.5, 0.6) is 28.7 Å². The summed E-state index contributed by atoms with van der Waals surface area (Å²) >= 11 is 0. The van der Waals surface area contributed by atoms with Gasteiger partial charge < -0.3 is 33.9 Å². The fourth-order valence-corrected chi connectivity index (χ4v) is 3.12. The van der Waals surface area contributed by atoms with E-state index in [-0.39, 0.29) is 0 Å². The van der Waals surface area contributed by atoms with Crippen LogP contribution in [0.2, 0.25) is 0 Å². The lowest BCUT2D eigenvalue weighted by molar-refractivity contribution is 0.367. The summed E-state index contributed by atoms with van der Waals surface area (Å²) in [6.07, 6.45) is 0. The van der Waals surface area contributed by atoms with E-state index in [2.05, 4.69) is 10.3 Å². The molecule has 8 nitrogen and oxygen atoms in total. The minimum atomic E-state index is 0.465. The molecule has 30 heavy (non-hydrogen) atoms. The fraction of sp³-hybridized carbons (Fsp3) is 0.409. The predicted molar refractivity (Wildman–Crippen MR) is 117 cm³/mol. The summed E-state index contributed by atoms with van der Waals surface area (Å²) in [5.74, 6) is 4.24. The van der Waals surface area contributed by atoms with Crippen LogP contribution in [0.4, 0.5) is 0 Å². The quantitative estimate of drug-likeness (QED) is 0.497. The van der Waals surface area contributed by atoms with Crippen LogP contribution in [0.25, 0.3) is 0 Å². The van der Waals surface area contributed by atoms with Gasteiger partial charge in [0.15, 0.2) is 5.96 Å². The molecule has 0 radical (unpaired) electrons. The van der Waals surface area contributed by atoms with E-state index >= 15 is 0 Å². The van der Waals surface area contributed by atoms with Gasteiger partial charge in [0.2, 0.25) is 0 Å². The normalized spacial score (nSPS) is 11.0. The van der Waals surface area contributed by atoms with Gasteiger partial charge in [0.1, 0.15) is 28.7 Å². The highest BCUT2D eigenvalue weighted by Gasteiger charge is 2.16. The first-order chi connectivity index (χ1) is 14.5. The molecular weight excluding hydrogens is 386 g/mol. The molecule has 164 valence electrons. The maximum absolute atomic E-state index is 5.52. The summed E-state index contributed by atoms with van der Waals surface area (Å²) in [7, 11) is 11.8. The van der Waals surface area contributed by atoms with Crippen molar-refractivity contribution in [2.45, 2.75) is 13.1 Å². The van der Waals surface area contributed by atoms with Crippen LogP contribution >= 0.6 is 0 Å². The minimum absolute atomic E-state index is 0.465. The zero-order valence-electron chi connectivity index (χ0n) is 18.7. The molecule has 8 heteroatoms. The third kappa shape index (κ3) is 5.40. The first kappa shape index (κ1) is 23.0. The summed E-state index contributed by atoms with van der Waals surface area (Å²) in [6, 6.07) is 9.42. The number of ether oxygens (including phenoxy) is 5. The number of rotatable bonds is 9. The van der Waals surface area contributed by atoms with E-state index in [4.69, 9.17) is 23.7 Å². The van der Waals surface area contributed by atoms with Gasteiger partial charge in [-0.05, 0) is 12.1 Å². The molecule has 1 N–H and O–H groups in total. The van der Waals surface area contributed by atoms with Crippen LogP contribution in [0, 0.1) is 0 Å². The number of nitrogens with one attached hydrogen (secondary N) is 1. The number of methoxy groups -OCH3 is 5. The van der Waals surface area contributed by atoms with Gasteiger partial charge in [-0.2, -0.15) is 0 Å². The Bertz CT molecular complexity index is 845. The van der Waals surface area contributed by atoms with Crippen LogP contribution in [-0.4, -0.2) is 60.5 Å². The second kappa shape index (κ2) is 11.0. The van der Waals surface area contributed by atoms with Gasteiger partial charge in [-0.1, -0.05) is 0 Å². The van der Waals surface area contributed by atoms with Crippen molar-refractivity contribution in [3.8, 4) is 28.7 Å². The molecule has 0 fully saturated rings. The topological polar surface area (TPSA) is 73.8 Å². The molecule has 0 atom stereocenters. The molecule has 2 aromatic carbocycles. The van der Waals surface area contributed by atoms with Crippen LogP contribution in [0.3, 0.4) is 0 Å². The van der Waals surface area contributed by atoms with Crippen molar-refractivity contribution >= 4 is 5.96 Å². The summed E-state index contributed by atoms with van der Waals surface area (Å²) in [6.45, 7) is 1.07. The van der Waals surface area contributed by atoms with Gasteiger partial charge in [-0.3, -0.25) is 4.99 Å². The maximum atomic E-state index is 5.52. The number of benzene rings is 2. The standard InChI is InChI=1S/C22H31N3O5/c1-23-22(25(2)14-15-8-9-16(26-3)10-19(15)28-5)24-13-18-20(29-6)11-17(27-4)12-21(18)30-7/h8-12H,13-14H2,1-7H3,(H,23,24). The van der Waals surface area contributed by atoms with Gasteiger partial charge >= 0.3 is 0 Å². The van der Waals surface area contributed by atoms with E-state index in [9.17, 15) is 0 Å². The molecule has 0 aromatic heterocycles. The molecule has 0 aliphatic carbocycles. The van der Waals surface area contributed by atoms with Gasteiger partial charge in [0.25, 0.3) is 0 Å². The zero-order chi connectivity index (χ0) is 22.1. The molecular formula is C22H31N3O5. The molecule has 0 heterocycles. The van der Waals surface area contributed by atoms with Crippen molar-refractivity contribution < 1.29 is 23.7 Å². The Labute approximate surface area is 178 Å². The van der Waals surface area contributed by atoms with E-state index in [0.717, 1.165) is 22.6 Å². The zero-order valence-corrected chi connectivity index (χ0v) is 18.7. The van der Waals surface area contributed by atoms with Crippen molar-refractivity contribution in [3.05, 3.63) is 41.5 Å². The van der Waals surface area contributed by atoms with E-state index in [1.165, 1.54) is 0 Å². The molecule has 0 saturated heterocycles. The minimum Gasteiger partial charge on any atom is -0.497 e. The van der Waals surface area contributed by atoms with Crippen molar-refractivity contribution in [2.24, 2.45) is 4.99 Å². The second-order valence-corrected chi connectivity index (χ2v) is 6.45. The Morgan fingerprint density at radius 1 is 0.833 bits per heavy atom. The third-order valence-electron chi connectivity index (χ3n) is 4.72. The average Bonchev–Trinajstić information content (AvgIpc) is 2.79. The van der Waals surface area contributed by atoms with Gasteiger partial charge in [0, 0.05) is 44.4 Å². The second-order valence-electron chi connectivity index (χ2n) is 6.45. The number of guanidine groups is 1. The lowest BCUT2D eigenvalue weighted by atomic mass is 10.1. The highest BCUT2D eigenvalue weighted by atomic mass is 16.5. The number of hydrogen-bond donors (Lipinski definition) is 1. The highest BCUT2D eigenvalue weighted by Crippen LogP contribution is 2.34. The summed E-state index contributed by atoms with van der Waals surface area (Å²) < 4.78 is 27.1. The van der Waals surface area contributed by atoms with Crippen molar-refractivity contribution in [1.82, 2.24) is 10.2 Å². The summed E-state index contributed by atoms with van der Waals surface area (Å²) in [5.41, 5.74) is 1.89. The van der Waals surface area contributed by atoms with E-state index < -0.39 is 0 Å². The van der Waals surface area contributed by atoms with E-state index in [1.54, 1.807) is 42.6 Å². The smallest absolute Gasteiger partial charge is 0.193 e. The molecule has 0 aliphatic rings. The summed E-state index contributed by atoms with van der Waals surface area (Å²) in [5, 5.41) is 3.36. The molecule has 0 saturated carbocycles. The highest BCUT2D eigenvalue weighted by molar-refractivity contribution is 5.80. The lowest BCUT2D eigenvalue weighted by Crippen LogP contribution is -2.38. The number of nitrogens with zero attached hydrogens (tertiary/aromatic N) is 2. The SMILES string of the molecule is CN=C(NCc1c(OC)cc(OC)cc1OC)N(C)Cc1ccc(OC)cc1OC. The van der Waals surface area contributed by atoms with Gasteiger partial charge in [0.05, 0.1) is 47.7 Å². The van der Waals surface area contributed by atoms with Crippen LogP contribution in [0.1, 0.15) is 11.1 Å². The lowest BCUT2D eigenvalue weighted by Gasteiger charge is -2.24. The van der Waals surface area contributed by atoms with Crippen molar-refractivity contribution in [2.75, 3.05) is 49.6 Å². The third-order valence-corrected chi connectivity index (χ3v) is 4.72. The van der Waals surface area contributed by atoms with Crippen LogP contribution in [0.15, 0.2) is 35.3 Å². The largest absolute Gasteiger partial charge is 0.497 e. The Morgan fingerprint density at radius 3 is 1.90 bits per heavy atom. The molecule has 0 amide bonds. The van der Waals surface area contributed by atoms with Crippen LogP contribution in [-0.2, 0) is 13.1 Å². The molecule has 0 unspecified atom stereocenters. The Kier molecular flexibility index (Phi) is 8.46.